The van der Waals surface area contributed by atoms with Gasteiger partial charge in [-0.1, -0.05) is 28.4 Å². The average Bonchev–Trinajstić information content (AvgIpc) is 2.30. The zero-order valence-electron chi connectivity index (χ0n) is 9.68. The number of oxime groups is 1. The molecule has 4 N–H and O–H groups in total. The van der Waals surface area contributed by atoms with E-state index in [2.05, 4.69) is 10.5 Å². The predicted molar refractivity (Wildman–Crippen MR) is 67.9 cm³/mol. The van der Waals surface area contributed by atoms with Gasteiger partial charge >= 0.3 is 6.18 Å². The number of alkyl halides is 3. The summed E-state index contributed by atoms with van der Waals surface area (Å²) in [6.45, 7) is -0.773. The minimum atomic E-state index is -4.73. The lowest BCUT2D eigenvalue weighted by Crippen LogP contribution is -2.40. The normalized spacial score (nSPS) is 14.2. The minimum absolute atomic E-state index is 0.0743. The standard InChI is InChI=1S/C10H9Cl2F4N3O/c11-6-1-4(13)2-7(12)8(6)18-3-5(9(17)19-20)10(14,15)16/h1-2,5,18,20H,3H2,(H2,17,19). The molecule has 0 aliphatic heterocycles. The van der Waals surface area contributed by atoms with Crippen LogP contribution in [0, 0.1) is 11.7 Å². The zero-order chi connectivity index (χ0) is 15.5. The summed E-state index contributed by atoms with van der Waals surface area (Å²) in [5.41, 5.74) is 4.91. The third kappa shape index (κ3) is 4.04. The highest BCUT2D eigenvalue weighted by atomic mass is 35.5. The maximum absolute atomic E-state index is 12.9. The molecule has 0 aliphatic carbocycles. The highest BCUT2D eigenvalue weighted by molar-refractivity contribution is 6.39. The van der Waals surface area contributed by atoms with Crippen molar-refractivity contribution < 1.29 is 22.8 Å². The molecule has 0 bridgehead atoms. The Morgan fingerprint density at radius 2 is 1.85 bits per heavy atom. The first-order valence-corrected chi connectivity index (χ1v) is 5.85. The summed E-state index contributed by atoms with van der Waals surface area (Å²) in [6.07, 6.45) is -4.73. The molecule has 0 saturated heterocycles. The number of nitrogens with zero attached hydrogens (tertiary/aromatic N) is 1. The number of halogens is 6. The molecule has 0 spiro atoms. The van der Waals surface area contributed by atoms with Gasteiger partial charge in [-0.3, -0.25) is 0 Å². The van der Waals surface area contributed by atoms with Crippen molar-refractivity contribution in [3.05, 3.63) is 28.0 Å². The lowest BCUT2D eigenvalue weighted by atomic mass is 10.1. The van der Waals surface area contributed by atoms with Crippen LogP contribution in [0.25, 0.3) is 0 Å². The van der Waals surface area contributed by atoms with E-state index in [1.165, 1.54) is 0 Å². The molecule has 0 aliphatic rings. The maximum atomic E-state index is 12.9. The van der Waals surface area contributed by atoms with Crippen LogP contribution >= 0.6 is 23.2 Å². The van der Waals surface area contributed by atoms with Crippen LogP contribution in [0.1, 0.15) is 0 Å². The molecule has 0 saturated carbocycles. The van der Waals surface area contributed by atoms with E-state index in [9.17, 15) is 17.6 Å². The van der Waals surface area contributed by atoms with Crippen molar-refractivity contribution in [1.29, 1.82) is 0 Å². The minimum Gasteiger partial charge on any atom is -0.409 e. The summed E-state index contributed by atoms with van der Waals surface area (Å²) in [5, 5.41) is 12.6. The number of hydrogen-bond donors (Lipinski definition) is 3. The summed E-state index contributed by atoms with van der Waals surface area (Å²) in [4.78, 5) is 0. The topological polar surface area (TPSA) is 70.6 Å². The van der Waals surface area contributed by atoms with Crippen molar-refractivity contribution in [2.24, 2.45) is 16.8 Å². The Kier molecular flexibility index (Phi) is 5.29. The van der Waals surface area contributed by atoms with Crippen molar-refractivity contribution in [3.63, 3.8) is 0 Å². The number of nitrogens with one attached hydrogen (secondary N) is 1. The molecule has 112 valence electrons. The number of benzene rings is 1. The van der Waals surface area contributed by atoms with E-state index < -0.39 is 30.3 Å². The second-order valence-corrected chi connectivity index (χ2v) is 4.56. The van der Waals surface area contributed by atoms with Crippen LogP contribution in [0.5, 0.6) is 0 Å². The van der Waals surface area contributed by atoms with Crippen LogP contribution in [0.2, 0.25) is 10.0 Å². The van der Waals surface area contributed by atoms with Crippen molar-refractivity contribution in [2.45, 2.75) is 6.18 Å². The molecule has 0 amide bonds. The van der Waals surface area contributed by atoms with E-state index >= 15 is 0 Å². The molecule has 1 aromatic rings. The van der Waals surface area contributed by atoms with Crippen LogP contribution in [0.3, 0.4) is 0 Å². The van der Waals surface area contributed by atoms with Gasteiger partial charge in [0.1, 0.15) is 11.7 Å². The number of nitrogens with two attached hydrogens (primary N) is 1. The lowest BCUT2D eigenvalue weighted by Gasteiger charge is -2.20. The van der Waals surface area contributed by atoms with Gasteiger partial charge in [0.25, 0.3) is 0 Å². The van der Waals surface area contributed by atoms with Gasteiger partial charge < -0.3 is 16.3 Å². The Hall–Kier alpha value is -1.41. The Morgan fingerprint density at radius 1 is 1.35 bits per heavy atom. The fourth-order valence-corrected chi connectivity index (χ4v) is 1.97. The molecule has 0 fully saturated rings. The lowest BCUT2D eigenvalue weighted by molar-refractivity contribution is -0.152. The third-order valence-electron chi connectivity index (χ3n) is 2.36. The van der Waals surface area contributed by atoms with Crippen LogP contribution in [-0.2, 0) is 0 Å². The van der Waals surface area contributed by atoms with Gasteiger partial charge in [0.05, 0.1) is 15.7 Å². The van der Waals surface area contributed by atoms with Crippen LogP contribution < -0.4 is 11.1 Å². The summed E-state index contributed by atoms with van der Waals surface area (Å²) in [6, 6.07) is 1.78. The number of hydrogen-bond acceptors (Lipinski definition) is 3. The number of rotatable bonds is 4. The largest absolute Gasteiger partial charge is 0.409 e. The molecule has 4 nitrogen and oxygen atoms in total. The number of amidine groups is 1. The van der Waals surface area contributed by atoms with Crippen LogP contribution in [0.15, 0.2) is 17.3 Å². The molecule has 1 unspecified atom stereocenters. The Bertz CT molecular complexity index is 499. The molecular formula is C10H9Cl2F4N3O. The Morgan fingerprint density at radius 3 is 2.25 bits per heavy atom. The van der Waals surface area contributed by atoms with Gasteiger partial charge in [-0.15, -0.1) is 0 Å². The summed E-state index contributed by atoms with van der Waals surface area (Å²) < 4.78 is 51.0. The molecule has 20 heavy (non-hydrogen) atoms. The van der Waals surface area contributed by atoms with Gasteiger partial charge in [0.15, 0.2) is 5.84 Å². The second kappa shape index (κ2) is 6.36. The first-order valence-electron chi connectivity index (χ1n) is 5.09. The third-order valence-corrected chi connectivity index (χ3v) is 2.95. The molecule has 1 atom stereocenters. The summed E-state index contributed by atoms with van der Waals surface area (Å²) in [7, 11) is 0. The van der Waals surface area contributed by atoms with Crippen LogP contribution in [0.4, 0.5) is 23.2 Å². The molecule has 1 aromatic carbocycles. The fourth-order valence-electron chi connectivity index (χ4n) is 1.37. The van der Waals surface area contributed by atoms with E-state index in [0.29, 0.717) is 0 Å². The van der Waals surface area contributed by atoms with E-state index in [4.69, 9.17) is 34.1 Å². The highest BCUT2D eigenvalue weighted by Crippen LogP contribution is 2.33. The van der Waals surface area contributed by atoms with Gasteiger partial charge in [0, 0.05) is 6.54 Å². The molecule has 10 heteroatoms. The average molecular weight is 334 g/mol. The van der Waals surface area contributed by atoms with Gasteiger partial charge in [-0.25, -0.2) is 4.39 Å². The quantitative estimate of drug-likeness (QED) is 0.260. The monoisotopic (exact) mass is 333 g/mol. The second-order valence-electron chi connectivity index (χ2n) is 3.74. The maximum Gasteiger partial charge on any atom is 0.400 e. The van der Waals surface area contributed by atoms with Gasteiger partial charge in [0.2, 0.25) is 0 Å². The van der Waals surface area contributed by atoms with Gasteiger partial charge in [-0.2, -0.15) is 13.2 Å². The molecule has 1 rings (SSSR count). The van der Waals surface area contributed by atoms with Crippen molar-refractivity contribution >= 4 is 34.7 Å². The Labute approximate surface area is 121 Å². The number of anilines is 1. The fraction of sp³-hybridized carbons (Fsp3) is 0.300. The molecule has 0 heterocycles. The van der Waals surface area contributed by atoms with Crippen molar-refractivity contribution in [3.8, 4) is 0 Å². The first kappa shape index (κ1) is 16.6. The molecular weight excluding hydrogens is 325 g/mol. The highest BCUT2D eigenvalue weighted by Gasteiger charge is 2.42. The molecule has 0 radical (unpaired) electrons. The van der Waals surface area contributed by atoms with Crippen molar-refractivity contribution in [2.75, 3.05) is 11.9 Å². The zero-order valence-corrected chi connectivity index (χ0v) is 11.2. The van der Waals surface area contributed by atoms with Crippen LogP contribution in [-0.4, -0.2) is 23.8 Å². The predicted octanol–water partition coefficient (Wildman–Crippen LogP) is 3.47. The van der Waals surface area contributed by atoms with E-state index in [1.54, 1.807) is 0 Å². The first-order chi connectivity index (χ1) is 9.16. The van der Waals surface area contributed by atoms with Gasteiger partial charge in [-0.05, 0) is 12.1 Å². The van der Waals surface area contributed by atoms with E-state index in [-0.39, 0.29) is 15.7 Å². The smallest absolute Gasteiger partial charge is 0.400 e. The van der Waals surface area contributed by atoms with E-state index in [1.807, 2.05) is 0 Å². The summed E-state index contributed by atoms with van der Waals surface area (Å²) in [5.74, 6) is -3.99. The van der Waals surface area contributed by atoms with Crippen molar-refractivity contribution in [1.82, 2.24) is 0 Å². The van der Waals surface area contributed by atoms with E-state index in [0.717, 1.165) is 12.1 Å². The Balaban J connectivity index is 2.95. The summed E-state index contributed by atoms with van der Waals surface area (Å²) >= 11 is 11.3. The SMILES string of the molecule is NC(=NO)C(CNc1c(Cl)cc(F)cc1Cl)C(F)(F)F. The molecule has 0 aromatic heterocycles.